The van der Waals surface area contributed by atoms with Gasteiger partial charge in [0, 0.05) is 29.4 Å². The monoisotopic (exact) mass is 425 g/mol. The minimum atomic E-state index is -0.598. The molecule has 0 unspecified atom stereocenters. The molecule has 0 bridgehead atoms. The summed E-state index contributed by atoms with van der Waals surface area (Å²) >= 11 is 1.79. The summed E-state index contributed by atoms with van der Waals surface area (Å²) in [6.45, 7) is 6.63. The molecule has 1 atom stereocenters. The molecule has 1 N–H and O–H groups in total. The van der Waals surface area contributed by atoms with Crippen LogP contribution in [0.2, 0.25) is 0 Å². The molecular weight excluding hydrogens is 398 g/mol. The van der Waals surface area contributed by atoms with Crippen molar-refractivity contribution in [2.24, 2.45) is 0 Å². The van der Waals surface area contributed by atoms with Gasteiger partial charge in [-0.25, -0.2) is 0 Å². The highest BCUT2D eigenvalue weighted by atomic mass is 32.1. The fraction of sp³-hybridized carbons (Fsp3) is 0.333. The number of benzene rings is 2. The van der Waals surface area contributed by atoms with Crippen LogP contribution in [0.25, 0.3) is 0 Å². The lowest BCUT2D eigenvalue weighted by atomic mass is 10.1. The van der Waals surface area contributed by atoms with Crippen molar-refractivity contribution in [1.82, 2.24) is 4.90 Å². The summed E-state index contributed by atoms with van der Waals surface area (Å²) in [6.07, 6.45) is -0.598. The lowest BCUT2D eigenvalue weighted by Gasteiger charge is -2.25. The molecule has 158 valence electrons. The molecule has 4 rings (SSSR count). The van der Waals surface area contributed by atoms with E-state index in [0.29, 0.717) is 13.1 Å². The van der Waals surface area contributed by atoms with Crippen molar-refractivity contribution in [3.63, 3.8) is 0 Å². The summed E-state index contributed by atoms with van der Waals surface area (Å²) in [5.74, 6) is 2.38. The van der Waals surface area contributed by atoms with E-state index in [1.54, 1.807) is 11.3 Å². The average molecular weight is 426 g/mol. The number of fused-ring (bicyclic) bond motifs is 1. The summed E-state index contributed by atoms with van der Waals surface area (Å²) in [5.41, 5.74) is 2.19. The number of hydrogen-bond acceptors (Lipinski definition) is 6. The van der Waals surface area contributed by atoms with Gasteiger partial charge < -0.3 is 19.3 Å². The first-order valence-electron chi connectivity index (χ1n) is 10.1. The zero-order chi connectivity index (χ0) is 20.9. The molecule has 5 nitrogen and oxygen atoms in total. The molecule has 6 heteroatoms. The van der Waals surface area contributed by atoms with E-state index >= 15 is 0 Å². The van der Waals surface area contributed by atoms with Crippen molar-refractivity contribution in [3.8, 4) is 17.2 Å². The molecule has 3 aromatic rings. The third-order valence-electron chi connectivity index (χ3n) is 5.01. The Kier molecular flexibility index (Phi) is 6.57. The molecule has 0 amide bonds. The van der Waals surface area contributed by atoms with Crippen molar-refractivity contribution in [2.45, 2.75) is 33.0 Å². The first-order chi connectivity index (χ1) is 14.6. The van der Waals surface area contributed by atoms with Gasteiger partial charge >= 0.3 is 0 Å². The van der Waals surface area contributed by atoms with E-state index in [2.05, 4.69) is 30.0 Å². The van der Waals surface area contributed by atoms with E-state index in [-0.39, 0.29) is 13.4 Å². The molecule has 0 fully saturated rings. The van der Waals surface area contributed by atoms with Crippen molar-refractivity contribution in [2.75, 3.05) is 19.9 Å². The molecule has 30 heavy (non-hydrogen) atoms. The highest BCUT2D eigenvalue weighted by Gasteiger charge is 2.18. The molecule has 0 aliphatic carbocycles. The molecule has 1 aliphatic heterocycles. The third kappa shape index (κ3) is 5.33. The van der Waals surface area contributed by atoms with E-state index in [1.807, 2.05) is 43.3 Å². The zero-order valence-corrected chi connectivity index (χ0v) is 18.2. The number of rotatable bonds is 9. The van der Waals surface area contributed by atoms with Crippen LogP contribution in [0.5, 0.6) is 17.2 Å². The number of ether oxygens (including phenoxy) is 3. The normalized spacial score (nSPS) is 13.6. The van der Waals surface area contributed by atoms with Crippen LogP contribution in [0.4, 0.5) is 0 Å². The van der Waals surface area contributed by atoms with Crippen LogP contribution in [0.1, 0.15) is 20.9 Å². The predicted molar refractivity (Wildman–Crippen MR) is 118 cm³/mol. The number of para-hydroxylation sites is 1. The van der Waals surface area contributed by atoms with Gasteiger partial charge in [-0.15, -0.1) is 11.3 Å². The van der Waals surface area contributed by atoms with Crippen LogP contribution in [-0.2, 0) is 13.1 Å². The standard InChI is InChI=1S/C24H27NO4S/c1-17-5-3-4-6-22(17)27-15-20(26)13-25(14-21-9-7-18(2)30-21)12-19-8-10-23-24(11-19)29-16-28-23/h3-11,20,26H,12-16H2,1-2H3/t20-/m1/s1. The fourth-order valence-corrected chi connectivity index (χ4v) is 4.46. The number of thiophene rings is 1. The Balaban J connectivity index is 1.42. The highest BCUT2D eigenvalue weighted by molar-refractivity contribution is 7.11. The second kappa shape index (κ2) is 9.51. The summed E-state index contributed by atoms with van der Waals surface area (Å²) in [7, 11) is 0. The number of nitrogens with zero attached hydrogens (tertiary/aromatic N) is 1. The zero-order valence-electron chi connectivity index (χ0n) is 17.3. The number of aryl methyl sites for hydroxylation is 2. The number of aliphatic hydroxyl groups excluding tert-OH is 1. The maximum absolute atomic E-state index is 10.7. The minimum absolute atomic E-state index is 0.256. The quantitative estimate of drug-likeness (QED) is 0.546. The van der Waals surface area contributed by atoms with Gasteiger partial charge in [0.1, 0.15) is 18.5 Å². The molecule has 2 aromatic carbocycles. The third-order valence-corrected chi connectivity index (χ3v) is 6.00. The van der Waals surface area contributed by atoms with Gasteiger partial charge in [0.15, 0.2) is 11.5 Å². The number of hydrogen-bond donors (Lipinski definition) is 1. The summed E-state index contributed by atoms with van der Waals surface area (Å²) in [4.78, 5) is 4.81. The lowest BCUT2D eigenvalue weighted by molar-refractivity contribution is 0.0629. The van der Waals surface area contributed by atoms with Crippen LogP contribution in [0, 0.1) is 13.8 Å². The Morgan fingerprint density at radius 2 is 1.87 bits per heavy atom. The van der Waals surface area contributed by atoms with Crippen LogP contribution < -0.4 is 14.2 Å². The van der Waals surface area contributed by atoms with E-state index in [4.69, 9.17) is 14.2 Å². The van der Waals surface area contributed by atoms with Gasteiger partial charge in [0.25, 0.3) is 0 Å². The SMILES string of the molecule is Cc1ccc(CN(Cc2ccc3c(c2)OCO3)C[C@@H](O)COc2ccccc2C)s1. The van der Waals surface area contributed by atoms with Crippen LogP contribution in [0.15, 0.2) is 54.6 Å². The van der Waals surface area contributed by atoms with Gasteiger partial charge in [-0.3, -0.25) is 4.90 Å². The maximum atomic E-state index is 10.7. The van der Waals surface area contributed by atoms with E-state index in [0.717, 1.165) is 34.9 Å². The van der Waals surface area contributed by atoms with Gasteiger partial charge in [0.2, 0.25) is 6.79 Å². The minimum Gasteiger partial charge on any atom is -0.491 e. The first kappa shape index (κ1) is 20.7. The smallest absolute Gasteiger partial charge is 0.231 e. The molecule has 0 spiro atoms. The Morgan fingerprint density at radius 1 is 1.03 bits per heavy atom. The van der Waals surface area contributed by atoms with Crippen molar-refractivity contribution < 1.29 is 19.3 Å². The second-order valence-electron chi connectivity index (χ2n) is 7.60. The van der Waals surface area contributed by atoms with Crippen LogP contribution in [0.3, 0.4) is 0 Å². The fourth-order valence-electron chi connectivity index (χ4n) is 3.53. The van der Waals surface area contributed by atoms with E-state index in [9.17, 15) is 5.11 Å². The topological polar surface area (TPSA) is 51.2 Å². The lowest BCUT2D eigenvalue weighted by Crippen LogP contribution is -2.35. The molecule has 1 aromatic heterocycles. The molecular formula is C24H27NO4S. The Hall–Kier alpha value is -2.54. The molecule has 1 aliphatic rings. The Morgan fingerprint density at radius 3 is 2.67 bits per heavy atom. The molecule has 2 heterocycles. The number of aliphatic hydroxyl groups is 1. The molecule has 0 radical (unpaired) electrons. The van der Waals surface area contributed by atoms with Gasteiger partial charge in [0.05, 0.1) is 0 Å². The van der Waals surface area contributed by atoms with E-state index < -0.39 is 6.10 Å². The largest absolute Gasteiger partial charge is 0.491 e. The van der Waals surface area contributed by atoms with Gasteiger partial charge in [-0.1, -0.05) is 24.3 Å². The summed E-state index contributed by atoms with van der Waals surface area (Å²) in [6, 6.07) is 18.2. The average Bonchev–Trinajstić information content (AvgIpc) is 3.35. The van der Waals surface area contributed by atoms with Crippen LogP contribution >= 0.6 is 11.3 Å². The van der Waals surface area contributed by atoms with Gasteiger partial charge in [-0.05, 0) is 55.3 Å². The van der Waals surface area contributed by atoms with Crippen molar-refractivity contribution in [3.05, 3.63) is 75.5 Å². The Bertz CT molecular complexity index is 987. The molecule has 0 saturated heterocycles. The molecule has 0 saturated carbocycles. The van der Waals surface area contributed by atoms with Gasteiger partial charge in [-0.2, -0.15) is 0 Å². The highest BCUT2D eigenvalue weighted by Crippen LogP contribution is 2.33. The van der Waals surface area contributed by atoms with Crippen molar-refractivity contribution in [1.29, 1.82) is 0 Å². The maximum Gasteiger partial charge on any atom is 0.231 e. The second-order valence-corrected chi connectivity index (χ2v) is 8.97. The van der Waals surface area contributed by atoms with E-state index in [1.165, 1.54) is 9.75 Å². The van der Waals surface area contributed by atoms with Crippen LogP contribution in [-0.4, -0.2) is 36.1 Å². The van der Waals surface area contributed by atoms with Crippen molar-refractivity contribution >= 4 is 11.3 Å². The first-order valence-corrected chi connectivity index (χ1v) is 10.9. The Labute approximate surface area is 181 Å². The predicted octanol–water partition coefficient (Wildman–Crippen LogP) is 4.54. The summed E-state index contributed by atoms with van der Waals surface area (Å²) in [5, 5.41) is 10.7. The summed E-state index contributed by atoms with van der Waals surface area (Å²) < 4.78 is 16.8.